The van der Waals surface area contributed by atoms with Gasteiger partial charge in [-0.05, 0) is 50.2 Å². The smallest absolute Gasteiger partial charge is 0.123 e. The first-order valence-electron chi connectivity index (χ1n) is 7.98. The van der Waals surface area contributed by atoms with Crippen LogP contribution in [0.15, 0.2) is 48.7 Å². The molecule has 24 heavy (non-hydrogen) atoms. The van der Waals surface area contributed by atoms with Gasteiger partial charge in [0, 0.05) is 36.5 Å². The summed E-state index contributed by atoms with van der Waals surface area (Å²) in [6, 6.07) is 12.5. The molecule has 0 saturated carbocycles. The zero-order valence-electron chi connectivity index (χ0n) is 14.1. The van der Waals surface area contributed by atoms with E-state index in [1.54, 1.807) is 12.1 Å². The van der Waals surface area contributed by atoms with E-state index in [0.29, 0.717) is 6.54 Å². The summed E-state index contributed by atoms with van der Waals surface area (Å²) >= 11 is 0. The SMILES string of the molecule is Cc1c(C(C)NCc2cccc(-c3ccc(F)cc3)n2)cnn1C. The molecule has 0 fully saturated rings. The van der Waals surface area contributed by atoms with Gasteiger partial charge in [0.1, 0.15) is 5.82 Å². The molecule has 5 heteroatoms. The Morgan fingerprint density at radius 1 is 1.17 bits per heavy atom. The number of nitrogens with zero attached hydrogens (tertiary/aromatic N) is 3. The van der Waals surface area contributed by atoms with E-state index >= 15 is 0 Å². The molecule has 0 spiro atoms. The minimum Gasteiger partial charge on any atom is -0.304 e. The largest absolute Gasteiger partial charge is 0.304 e. The lowest BCUT2D eigenvalue weighted by atomic mass is 10.1. The highest BCUT2D eigenvalue weighted by molar-refractivity contribution is 5.58. The van der Waals surface area contributed by atoms with Crippen molar-refractivity contribution in [1.82, 2.24) is 20.1 Å². The zero-order chi connectivity index (χ0) is 17.1. The van der Waals surface area contributed by atoms with Gasteiger partial charge >= 0.3 is 0 Å². The highest BCUT2D eigenvalue weighted by atomic mass is 19.1. The van der Waals surface area contributed by atoms with Gasteiger partial charge in [-0.25, -0.2) is 4.39 Å². The van der Waals surface area contributed by atoms with E-state index in [0.717, 1.165) is 22.6 Å². The molecule has 2 aromatic heterocycles. The Balaban J connectivity index is 1.71. The lowest BCUT2D eigenvalue weighted by Crippen LogP contribution is -2.19. The summed E-state index contributed by atoms with van der Waals surface area (Å²) in [4.78, 5) is 4.66. The van der Waals surface area contributed by atoms with Crippen LogP contribution < -0.4 is 5.32 Å². The molecule has 2 heterocycles. The quantitative estimate of drug-likeness (QED) is 0.776. The van der Waals surface area contributed by atoms with E-state index in [-0.39, 0.29) is 11.9 Å². The molecule has 0 aliphatic heterocycles. The van der Waals surface area contributed by atoms with Gasteiger partial charge in [0.05, 0.1) is 17.6 Å². The van der Waals surface area contributed by atoms with Crippen LogP contribution in [-0.2, 0) is 13.6 Å². The van der Waals surface area contributed by atoms with Crippen LogP contribution in [0.1, 0.15) is 29.9 Å². The molecule has 0 saturated heterocycles. The first-order valence-corrected chi connectivity index (χ1v) is 7.98. The van der Waals surface area contributed by atoms with Crippen LogP contribution in [0.3, 0.4) is 0 Å². The first kappa shape index (κ1) is 16.3. The normalized spacial score (nSPS) is 12.3. The molecule has 0 aliphatic carbocycles. The second kappa shape index (κ2) is 6.93. The summed E-state index contributed by atoms with van der Waals surface area (Å²) in [5, 5.41) is 7.76. The third kappa shape index (κ3) is 3.51. The first-order chi connectivity index (χ1) is 11.5. The fourth-order valence-electron chi connectivity index (χ4n) is 2.67. The van der Waals surface area contributed by atoms with Crippen LogP contribution in [0, 0.1) is 12.7 Å². The third-order valence-electron chi connectivity index (χ3n) is 4.28. The number of aromatic nitrogens is 3. The topological polar surface area (TPSA) is 42.7 Å². The van der Waals surface area contributed by atoms with E-state index in [1.165, 1.54) is 17.7 Å². The number of nitrogens with one attached hydrogen (secondary N) is 1. The molecule has 1 aromatic carbocycles. The summed E-state index contributed by atoms with van der Waals surface area (Å²) in [5.41, 5.74) is 5.05. The average Bonchev–Trinajstić information content (AvgIpc) is 2.93. The number of hydrogen-bond acceptors (Lipinski definition) is 3. The second-order valence-corrected chi connectivity index (χ2v) is 5.93. The van der Waals surface area contributed by atoms with Gasteiger partial charge in [0.15, 0.2) is 0 Å². The summed E-state index contributed by atoms with van der Waals surface area (Å²) in [7, 11) is 1.94. The van der Waals surface area contributed by atoms with E-state index in [4.69, 9.17) is 0 Å². The average molecular weight is 324 g/mol. The van der Waals surface area contributed by atoms with Crippen molar-refractivity contribution in [2.24, 2.45) is 7.05 Å². The molecule has 0 amide bonds. The maximum Gasteiger partial charge on any atom is 0.123 e. The lowest BCUT2D eigenvalue weighted by molar-refractivity contribution is 0.564. The van der Waals surface area contributed by atoms with E-state index in [1.807, 2.05) is 36.1 Å². The van der Waals surface area contributed by atoms with Crippen LogP contribution in [0.5, 0.6) is 0 Å². The van der Waals surface area contributed by atoms with Gasteiger partial charge in [0.25, 0.3) is 0 Å². The Morgan fingerprint density at radius 2 is 1.92 bits per heavy atom. The predicted octanol–water partition coefficient (Wildman–Crippen LogP) is 3.78. The Labute approximate surface area is 141 Å². The van der Waals surface area contributed by atoms with Gasteiger partial charge < -0.3 is 5.32 Å². The fraction of sp³-hybridized carbons (Fsp3) is 0.263. The van der Waals surface area contributed by atoms with Crippen molar-refractivity contribution in [3.05, 3.63) is 71.4 Å². The van der Waals surface area contributed by atoms with Crippen LogP contribution in [0.25, 0.3) is 11.3 Å². The van der Waals surface area contributed by atoms with Gasteiger partial charge in [-0.3, -0.25) is 9.67 Å². The molecule has 124 valence electrons. The molecular formula is C19H21FN4. The molecule has 1 unspecified atom stereocenters. The molecule has 0 radical (unpaired) electrons. The minimum atomic E-state index is -0.239. The van der Waals surface area contributed by atoms with Gasteiger partial charge in [-0.1, -0.05) is 6.07 Å². The molecule has 4 nitrogen and oxygen atoms in total. The van der Waals surface area contributed by atoms with Crippen LogP contribution in [0.4, 0.5) is 4.39 Å². The van der Waals surface area contributed by atoms with Crippen LogP contribution in [-0.4, -0.2) is 14.8 Å². The number of hydrogen-bond donors (Lipinski definition) is 1. The Morgan fingerprint density at radius 3 is 2.58 bits per heavy atom. The predicted molar refractivity (Wildman–Crippen MR) is 92.8 cm³/mol. The molecule has 1 N–H and O–H groups in total. The van der Waals surface area contributed by atoms with E-state index < -0.39 is 0 Å². The Hall–Kier alpha value is -2.53. The van der Waals surface area contributed by atoms with Crippen LogP contribution >= 0.6 is 0 Å². The maximum absolute atomic E-state index is 13.0. The second-order valence-electron chi connectivity index (χ2n) is 5.93. The van der Waals surface area contributed by atoms with E-state index in [9.17, 15) is 4.39 Å². The van der Waals surface area contributed by atoms with Crippen molar-refractivity contribution >= 4 is 0 Å². The van der Waals surface area contributed by atoms with Crippen molar-refractivity contribution < 1.29 is 4.39 Å². The number of halogens is 1. The number of pyridine rings is 1. The molecule has 3 rings (SSSR count). The highest BCUT2D eigenvalue weighted by Crippen LogP contribution is 2.19. The standard InChI is InChI=1S/C19H21FN4/c1-13(18-12-22-24(3)14(18)2)21-11-17-5-4-6-19(23-17)15-7-9-16(20)10-8-15/h4-10,12-13,21H,11H2,1-3H3. The molecular weight excluding hydrogens is 303 g/mol. The molecule has 3 aromatic rings. The lowest BCUT2D eigenvalue weighted by Gasteiger charge is -2.14. The molecule has 0 aliphatic rings. The maximum atomic E-state index is 13.0. The molecule has 0 bridgehead atoms. The minimum absolute atomic E-state index is 0.190. The fourth-order valence-corrected chi connectivity index (χ4v) is 2.67. The Bertz CT molecular complexity index is 824. The summed E-state index contributed by atoms with van der Waals surface area (Å²) < 4.78 is 14.9. The number of rotatable bonds is 5. The zero-order valence-corrected chi connectivity index (χ0v) is 14.1. The summed E-state index contributed by atoms with van der Waals surface area (Å²) in [5.74, 6) is -0.239. The van der Waals surface area contributed by atoms with Crippen LogP contribution in [0.2, 0.25) is 0 Å². The highest BCUT2D eigenvalue weighted by Gasteiger charge is 2.12. The van der Waals surface area contributed by atoms with Gasteiger partial charge in [-0.15, -0.1) is 0 Å². The Kier molecular flexibility index (Phi) is 4.71. The molecule has 1 atom stereocenters. The number of aryl methyl sites for hydroxylation is 1. The third-order valence-corrected chi connectivity index (χ3v) is 4.28. The monoisotopic (exact) mass is 324 g/mol. The van der Waals surface area contributed by atoms with E-state index in [2.05, 4.69) is 29.2 Å². The van der Waals surface area contributed by atoms with Gasteiger partial charge in [0.2, 0.25) is 0 Å². The van der Waals surface area contributed by atoms with Gasteiger partial charge in [-0.2, -0.15) is 5.10 Å². The van der Waals surface area contributed by atoms with Crippen molar-refractivity contribution in [1.29, 1.82) is 0 Å². The van der Waals surface area contributed by atoms with Crippen molar-refractivity contribution in [2.45, 2.75) is 26.4 Å². The summed E-state index contributed by atoms with van der Waals surface area (Å²) in [6.07, 6.45) is 1.90. The van der Waals surface area contributed by atoms with Crippen molar-refractivity contribution in [3.63, 3.8) is 0 Å². The van der Waals surface area contributed by atoms with Crippen molar-refractivity contribution in [2.75, 3.05) is 0 Å². The number of benzene rings is 1. The van der Waals surface area contributed by atoms with Crippen molar-refractivity contribution in [3.8, 4) is 11.3 Å². The summed E-state index contributed by atoms with van der Waals surface area (Å²) in [6.45, 7) is 4.84.